The summed E-state index contributed by atoms with van der Waals surface area (Å²) in [5, 5.41) is 20.2. The van der Waals surface area contributed by atoms with Gasteiger partial charge in [-0.3, -0.25) is 9.59 Å². The molecule has 0 aromatic heterocycles. The summed E-state index contributed by atoms with van der Waals surface area (Å²) >= 11 is 0. The van der Waals surface area contributed by atoms with Crippen LogP contribution >= 0.6 is 0 Å². The third kappa shape index (κ3) is 8.23. The molecular formula is C11H21NO4. The Morgan fingerprint density at radius 1 is 1.25 bits per heavy atom. The average molecular weight is 231 g/mol. The van der Waals surface area contributed by atoms with Gasteiger partial charge in [0.2, 0.25) is 5.91 Å². The number of carbonyl (C=O) groups is 2. The highest BCUT2D eigenvalue weighted by Crippen LogP contribution is 2.07. The second-order valence-corrected chi connectivity index (χ2v) is 4.14. The molecule has 0 rings (SSSR count). The number of unbranched alkanes of at least 4 members (excludes halogenated alkanes) is 1. The topological polar surface area (TPSA) is 86.6 Å². The van der Waals surface area contributed by atoms with Crippen molar-refractivity contribution in [2.45, 2.75) is 45.6 Å². The van der Waals surface area contributed by atoms with Gasteiger partial charge in [-0.05, 0) is 19.8 Å². The molecule has 0 heterocycles. The molecule has 0 fully saturated rings. The highest BCUT2D eigenvalue weighted by molar-refractivity contribution is 5.76. The summed E-state index contributed by atoms with van der Waals surface area (Å²) in [5.41, 5.74) is 0. The second-order valence-electron chi connectivity index (χ2n) is 4.14. The number of aliphatic hydroxyl groups excluding tert-OH is 1. The predicted octanol–water partition coefficient (Wildman–Crippen LogP) is 0.764. The Labute approximate surface area is 95.9 Å². The molecule has 0 saturated heterocycles. The van der Waals surface area contributed by atoms with Crippen LogP contribution in [0, 0.1) is 5.92 Å². The van der Waals surface area contributed by atoms with Gasteiger partial charge in [-0.1, -0.05) is 13.3 Å². The Balaban J connectivity index is 3.40. The van der Waals surface area contributed by atoms with Crippen LogP contribution in [0.25, 0.3) is 0 Å². The number of aliphatic hydroxyl groups is 1. The molecule has 16 heavy (non-hydrogen) atoms. The van der Waals surface area contributed by atoms with Crippen molar-refractivity contribution in [2.24, 2.45) is 5.92 Å². The predicted molar refractivity (Wildman–Crippen MR) is 60.0 cm³/mol. The monoisotopic (exact) mass is 231 g/mol. The Hall–Kier alpha value is -1.10. The van der Waals surface area contributed by atoms with Gasteiger partial charge >= 0.3 is 5.97 Å². The maximum atomic E-state index is 11.1. The molecule has 0 aromatic carbocycles. The van der Waals surface area contributed by atoms with Crippen molar-refractivity contribution in [1.82, 2.24) is 5.32 Å². The molecule has 0 aromatic rings. The minimum Gasteiger partial charge on any atom is -0.481 e. The second kappa shape index (κ2) is 8.10. The zero-order chi connectivity index (χ0) is 12.6. The van der Waals surface area contributed by atoms with E-state index in [2.05, 4.69) is 5.32 Å². The quantitative estimate of drug-likeness (QED) is 0.538. The van der Waals surface area contributed by atoms with Gasteiger partial charge in [0.05, 0.1) is 18.4 Å². The normalized spacial score (nSPS) is 14.2. The molecule has 5 heteroatoms. The third-order valence-corrected chi connectivity index (χ3v) is 2.29. The van der Waals surface area contributed by atoms with Crippen LogP contribution in [-0.2, 0) is 9.59 Å². The molecular weight excluding hydrogens is 210 g/mol. The van der Waals surface area contributed by atoms with Crippen molar-refractivity contribution in [2.75, 3.05) is 6.54 Å². The molecule has 0 saturated carbocycles. The number of carbonyl (C=O) groups excluding carboxylic acids is 1. The van der Waals surface area contributed by atoms with Crippen molar-refractivity contribution in [3.8, 4) is 0 Å². The van der Waals surface area contributed by atoms with Crippen molar-refractivity contribution in [3.05, 3.63) is 0 Å². The lowest BCUT2D eigenvalue weighted by atomic mass is 10.0. The smallest absolute Gasteiger partial charge is 0.306 e. The van der Waals surface area contributed by atoms with Crippen LogP contribution in [0.1, 0.15) is 39.5 Å². The lowest BCUT2D eigenvalue weighted by Crippen LogP contribution is -2.27. The Bertz CT molecular complexity index is 228. The fourth-order valence-electron chi connectivity index (χ4n) is 1.27. The zero-order valence-electron chi connectivity index (χ0n) is 9.90. The number of rotatable bonds is 8. The SMILES string of the molecule is CC(O)CC(=O)NCCCC[C@H](C)C(=O)O. The molecule has 1 amide bonds. The highest BCUT2D eigenvalue weighted by Gasteiger charge is 2.10. The first-order valence-corrected chi connectivity index (χ1v) is 5.61. The largest absolute Gasteiger partial charge is 0.481 e. The number of amides is 1. The highest BCUT2D eigenvalue weighted by atomic mass is 16.4. The van der Waals surface area contributed by atoms with E-state index in [0.29, 0.717) is 13.0 Å². The van der Waals surface area contributed by atoms with E-state index in [1.54, 1.807) is 13.8 Å². The van der Waals surface area contributed by atoms with Crippen LogP contribution in [-0.4, -0.2) is 34.7 Å². The van der Waals surface area contributed by atoms with E-state index < -0.39 is 12.1 Å². The first-order chi connectivity index (χ1) is 7.43. The fourth-order valence-corrected chi connectivity index (χ4v) is 1.27. The first-order valence-electron chi connectivity index (χ1n) is 5.61. The number of hydrogen-bond acceptors (Lipinski definition) is 3. The molecule has 0 radical (unpaired) electrons. The number of carboxylic acid groups (broad SMARTS) is 1. The standard InChI is InChI=1S/C11H21NO4/c1-8(11(15)16)5-3-4-6-12-10(14)7-9(2)13/h8-9,13H,3-7H2,1-2H3,(H,12,14)(H,15,16)/t8-,9?/m0/s1. The van der Waals surface area contributed by atoms with E-state index in [1.165, 1.54) is 0 Å². The number of carboxylic acids is 1. The third-order valence-electron chi connectivity index (χ3n) is 2.29. The van der Waals surface area contributed by atoms with E-state index in [-0.39, 0.29) is 18.2 Å². The number of nitrogens with one attached hydrogen (secondary N) is 1. The molecule has 5 nitrogen and oxygen atoms in total. The molecule has 0 spiro atoms. The molecule has 0 bridgehead atoms. The molecule has 94 valence electrons. The van der Waals surface area contributed by atoms with Crippen molar-refractivity contribution in [3.63, 3.8) is 0 Å². The molecule has 0 aliphatic rings. The van der Waals surface area contributed by atoms with Crippen LogP contribution in [0.15, 0.2) is 0 Å². The van der Waals surface area contributed by atoms with E-state index in [0.717, 1.165) is 12.8 Å². The van der Waals surface area contributed by atoms with Crippen molar-refractivity contribution in [1.29, 1.82) is 0 Å². The van der Waals surface area contributed by atoms with Crippen LogP contribution in [0.2, 0.25) is 0 Å². The Morgan fingerprint density at radius 3 is 2.38 bits per heavy atom. The lowest BCUT2D eigenvalue weighted by molar-refractivity contribution is -0.141. The summed E-state index contributed by atoms with van der Waals surface area (Å²) in [6.45, 7) is 3.78. The first kappa shape index (κ1) is 14.9. The van der Waals surface area contributed by atoms with Gasteiger partial charge in [0.1, 0.15) is 0 Å². The van der Waals surface area contributed by atoms with Gasteiger partial charge in [0.25, 0.3) is 0 Å². The fraction of sp³-hybridized carbons (Fsp3) is 0.818. The summed E-state index contributed by atoms with van der Waals surface area (Å²) in [4.78, 5) is 21.6. The summed E-state index contributed by atoms with van der Waals surface area (Å²) in [5.74, 6) is -1.27. The minimum atomic E-state index is -0.779. The van der Waals surface area contributed by atoms with Gasteiger partial charge in [-0.2, -0.15) is 0 Å². The summed E-state index contributed by atoms with van der Waals surface area (Å²) in [6, 6.07) is 0. The van der Waals surface area contributed by atoms with E-state index >= 15 is 0 Å². The van der Waals surface area contributed by atoms with Gasteiger partial charge in [-0.25, -0.2) is 0 Å². The minimum absolute atomic E-state index is 0.117. The Kier molecular flexibility index (Phi) is 7.54. The maximum absolute atomic E-state index is 11.1. The molecule has 0 aliphatic heterocycles. The summed E-state index contributed by atoms with van der Waals surface area (Å²) in [7, 11) is 0. The maximum Gasteiger partial charge on any atom is 0.306 e. The molecule has 2 atom stereocenters. The van der Waals surface area contributed by atoms with E-state index in [4.69, 9.17) is 10.2 Å². The van der Waals surface area contributed by atoms with Crippen LogP contribution in [0.4, 0.5) is 0 Å². The average Bonchev–Trinajstić information content (AvgIpc) is 2.15. The van der Waals surface area contributed by atoms with Crippen LogP contribution < -0.4 is 5.32 Å². The summed E-state index contributed by atoms with van der Waals surface area (Å²) < 4.78 is 0. The van der Waals surface area contributed by atoms with Crippen LogP contribution in [0.3, 0.4) is 0 Å². The summed E-state index contributed by atoms with van der Waals surface area (Å²) in [6.07, 6.45) is 1.67. The number of aliphatic carboxylic acids is 1. The lowest BCUT2D eigenvalue weighted by Gasteiger charge is -2.08. The molecule has 3 N–H and O–H groups in total. The number of hydrogen-bond donors (Lipinski definition) is 3. The van der Waals surface area contributed by atoms with E-state index in [1.807, 2.05) is 0 Å². The van der Waals surface area contributed by atoms with Crippen molar-refractivity contribution >= 4 is 11.9 Å². The molecule has 0 aliphatic carbocycles. The van der Waals surface area contributed by atoms with Crippen molar-refractivity contribution < 1.29 is 19.8 Å². The Morgan fingerprint density at radius 2 is 1.88 bits per heavy atom. The zero-order valence-corrected chi connectivity index (χ0v) is 9.90. The van der Waals surface area contributed by atoms with Crippen LogP contribution in [0.5, 0.6) is 0 Å². The molecule has 1 unspecified atom stereocenters. The van der Waals surface area contributed by atoms with Gasteiger partial charge < -0.3 is 15.5 Å². The van der Waals surface area contributed by atoms with Gasteiger partial charge in [0, 0.05) is 6.54 Å². The van der Waals surface area contributed by atoms with Gasteiger partial charge in [-0.15, -0.1) is 0 Å². The van der Waals surface area contributed by atoms with E-state index in [9.17, 15) is 9.59 Å². The van der Waals surface area contributed by atoms with Gasteiger partial charge in [0.15, 0.2) is 0 Å².